The van der Waals surface area contributed by atoms with Crippen molar-refractivity contribution in [1.82, 2.24) is 4.31 Å². The molecule has 4 nitrogen and oxygen atoms in total. The number of alkyl halides is 1. The summed E-state index contributed by atoms with van der Waals surface area (Å²) in [6.45, 7) is 1.82. The fourth-order valence-electron chi connectivity index (χ4n) is 2.50. The Morgan fingerprint density at radius 1 is 1.29 bits per heavy atom. The summed E-state index contributed by atoms with van der Waals surface area (Å²) in [5, 5.41) is -0.235. The van der Waals surface area contributed by atoms with Gasteiger partial charge in [-0.1, -0.05) is 15.9 Å². The Morgan fingerprint density at radius 2 is 1.88 bits per heavy atom. The average Bonchev–Trinajstić information content (AvgIpc) is 2.28. The average molecular weight is 326 g/mol. The maximum Gasteiger partial charge on any atom is 0.216 e. The Balaban J connectivity index is 1.89. The van der Waals surface area contributed by atoms with Gasteiger partial charge in [-0.15, -0.1) is 0 Å². The maximum atomic E-state index is 12.3. The minimum atomic E-state index is -3.11. The lowest BCUT2D eigenvalue weighted by Crippen LogP contribution is -2.43. The molecule has 17 heavy (non-hydrogen) atoms. The molecule has 0 aromatic carbocycles. The molecule has 0 aromatic rings. The molecular weight excluding hydrogens is 306 g/mol. The second-order valence-corrected chi connectivity index (χ2v) is 8.69. The third-order valence-corrected chi connectivity index (χ3v) is 6.80. The van der Waals surface area contributed by atoms with E-state index in [4.69, 9.17) is 4.74 Å². The highest BCUT2D eigenvalue weighted by Gasteiger charge is 2.35. The zero-order valence-electron chi connectivity index (χ0n) is 10.1. The highest BCUT2D eigenvalue weighted by molar-refractivity contribution is 9.09. The lowest BCUT2D eigenvalue weighted by Gasteiger charge is -2.35. The molecule has 1 aliphatic carbocycles. The Hall–Kier alpha value is 0.350. The third-order valence-electron chi connectivity index (χ3n) is 3.72. The van der Waals surface area contributed by atoms with E-state index >= 15 is 0 Å². The molecule has 1 saturated carbocycles. The van der Waals surface area contributed by atoms with Gasteiger partial charge in [0.15, 0.2) is 0 Å². The molecule has 0 unspecified atom stereocenters. The highest BCUT2D eigenvalue weighted by atomic mass is 79.9. The quantitative estimate of drug-likeness (QED) is 0.737. The van der Waals surface area contributed by atoms with E-state index in [1.165, 1.54) is 0 Å². The number of hydrogen-bond donors (Lipinski definition) is 0. The summed E-state index contributed by atoms with van der Waals surface area (Å²) in [4.78, 5) is 0.590. The van der Waals surface area contributed by atoms with Gasteiger partial charge in [0, 0.05) is 31.6 Å². The van der Waals surface area contributed by atoms with Gasteiger partial charge in [-0.3, -0.25) is 0 Å². The molecule has 0 bridgehead atoms. The topological polar surface area (TPSA) is 46.6 Å². The zero-order chi connectivity index (χ0) is 12.5. The summed E-state index contributed by atoms with van der Waals surface area (Å²) in [5.41, 5.74) is 0. The van der Waals surface area contributed by atoms with E-state index in [2.05, 4.69) is 15.9 Å². The Bertz CT molecular complexity index is 348. The van der Waals surface area contributed by atoms with Crippen molar-refractivity contribution >= 4 is 26.0 Å². The molecule has 2 fully saturated rings. The Kier molecular flexibility index (Phi) is 4.50. The normalized spacial score (nSPS) is 31.5. The number of rotatable bonds is 4. The van der Waals surface area contributed by atoms with E-state index in [0.717, 1.165) is 12.8 Å². The fourth-order valence-corrected chi connectivity index (χ4v) is 5.27. The first-order chi connectivity index (χ1) is 8.00. The number of halogens is 1. The molecule has 100 valence electrons. The lowest BCUT2D eigenvalue weighted by molar-refractivity contribution is 0.0971. The molecular formula is C11H20BrNO3S. The van der Waals surface area contributed by atoms with Gasteiger partial charge in [0.1, 0.15) is 0 Å². The van der Waals surface area contributed by atoms with E-state index in [-0.39, 0.29) is 5.25 Å². The fraction of sp³-hybridized carbons (Fsp3) is 1.00. The van der Waals surface area contributed by atoms with Crippen LogP contribution in [0.1, 0.15) is 25.7 Å². The molecule has 2 aliphatic rings. The van der Waals surface area contributed by atoms with Crippen LogP contribution < -0.4 is 0 Å². The molecule has 1 aliphatic heterocycles. The second-order valence-electron chi connectivity index (χ2n) is 5.07. The number of ether oxygens (including phenoxy) is 1. The van der Waals surface area contributed by atoms with E-state index in [1.807, 2.05) is 0 Å². The van der Waals surface area contributed by atoms with Crippen molar-refractivity contribution < 1.29 is 13.2 Å². The minimum absolute atomic E-state index is 0.235. The van der Waals surface area contributed by atoms with Crippen LogP contribution in [-0.2, 0) is 14.8 Å². The van der Waals surface area contributed by atoms with Crippen molar-refractivity contribution in [3.05, 3.63) is 0 Å². The lowest BCUT2D eigenvalue weighted by atomic mass is 9.85. The van der Waals surface area contributed by atoms with Crippen molar-refractivity contribution in [3.63, 3.8) is 0 Å². The van der Waals surface area contributed by atoms with Gasteiger partial charge in [0.2, 0.25) is 10.0 Å². The van der Waals surface area contributed by atoms with Crippen molar-refractivity contribution in [2.75, 3.05) is 26.8 Å². The maximum absolute atomic E-state index is 12.3. The van der Waals surface area contributed by atoms with E-state index < -0.39 is 10.0 Å². The van der Waals surface area contributed by atoms with Gasteiger partial charge >= 0.3 is 0 Å². The zero-order valence-corrected chi connectivity index (χ0v) is 12.5. The van der Waals surface area contributed by atoms with Crippen LogP contribution in [0, 0.1) is 5.92 Å². The van der Waals surface area contributed by atoms with Gasteiger partial charge in [-0.2, -0.15) is 0 Å². The predicted octanol–water partition coefficient (Wildman–Crippen LogP) is 1.60. The van der Waals surface area contributed by atoms with Crippen LogP contribution in [-0.4, -0.2) is 49.6 Å². The Morgan fingerprint density at radius 3 is 2.41 bits per heavy atom. The van der Waals surface area contributed by atoms with E-state index in [1.54, 1.807) is 11.4 Å². The van der Waals surface area contributed by atoms with E-state index in [9.17, 15) is 8.42 Å². The van der Waals surface area contributed by atoms with Crippen molar-refractivity contribution in [3.8, 4) is 0 Å². The number of sulfonamides is 1. The van der Waals surface area contributed by atoms with Crippen LogP contribution in [0.5, 0.6) is 0 Å². The first-order valence-corrected chi connectivity index (χ1v) is 8.59. The largest absolute Gasteiger partial charge is 0.381 e. The van der Waals surface area contributed by atoms with Gasteiger partial charge < -0.3 is 4.74 Å². The summed E-state index contributed by atoms with van der Waals surface area (Å²) in [6, 6.07) is 0. The summed E-state index contributed by atoms with van der Waals surface area (Å²) < 4.78 is 31.4. The molecule has 1 saturated heterocycles. The van der Waals surface area contributed by atoms with Crippen molar-refractivity contribution in [2.45, 2.75) is 35.8 Å². The SMILES string of the molecule is CN(CC1CC(Br)C1)S(=O)(=O)C1CCOCC1. The molecule has 0 spiro atoms. The molecule has 0 radical (unpaired) electrons. The molecule has 0 aromatic heterocycles. The summed E-state index contributed by atoms with van der Waals surface area (Å²) in [6.07, 6.45) is 3.46. The Labute approximate surface area is 112 Å². The van der Waals surface area contributed by atoms with Gasteiger partial charge in [-0.25, -0.2) is 12.7 Å². The minimum Gasteiger partial charge on any atom is -0.381 e. The first-order valence-electron chi connectivity index (χ1n) is 6.17. The summed E-state index contributed by atoms with van der Waals surface area (Å²) in [5.74, 6) is 0.527. The molecule has 0 N–H and O–H groups in total. The second kappa shape index (κ2) is 5.55. The van der Waals surface area contributed by atoms with Crippen LogP contribution in [0.25, 0.3) is 0 Å². The van der Waals surface area contributed by atoms with Crippen LogP contribution in [0.4, 0.5) is 0 Å². The van der Waals surface area contributed by atoms with Gasteiger partial charge in [-0.05, 0) is 31.6 Å². The van der Waals surface area contributed by atoms with E-state index in [0.29, 0.717) is 43.3 Å². The van der Waals surface area contributed by atoms with Crippen molar-refractivity contribution in [1.29, 1.82) is 0 Å². The number of hydrogen-bond acceptors (Lipinski definition) is 3. The third kappa shape index (κ3) is 3.22. The van der Waals surface area contributed by atoms with Crippen LogP contribution in [0.15, 0.2) is 0 Å². The first kappa shape index (κ1) is 13.8. The smallest absolute Gasteiger partial charge is 0.216 e. The van der Waals surface area contributed by atoms with Crippen LogP contribution in [0.3, 0.4) is 0 Å². The molecule has 0 amide bonds. The van der Waals surface area contributed by atoms with Crippen LogP contribution in [0.2, 0.25) is 0 Å². The molecule has 6 heteroatoms. The predicted molar refractivity (Wildman–Crippen MR) is 70.8 cm³/mol. The molecule has 2 rings (SSSR count). The van der Waals surface area contributed by atoms with Crippen LogP contribution >= 0.6 is 15.9 Å². The van der Waals surface area contributed by atoms with Gasteiger partial charge in [0.25, 0.3) is 0 Å². The summed E-state index contributed by atoms with van der Waals surface area (Å²) >= 11 is 3.53. The standard InChI is InChI=1S/C11H20BrNO3S/c1-13(8-9-6-10(12)7-9)17(14,15)11-2-4-16-5-3-11/h9-11H,2-8H2,1H3. The molecule has 0 atom stereocenters. The summed E-state index contributed by atoms with van der Waals surface area (Å²) in [7, 11) is -1.40. The van der Waals surface area contributed by atoms with Gasteiger partial charge in [0.05, 0.1) is 5.25 Å². The van der Waals surface area contributed by atoms with Crippen molar-refractivity contribution in [2.24, 2.45) is 5.92 Å². The highest BCUT2D eigenvalue weighted by Crippen LogP contribution is 2.34. The number of nitrogens with zero attached hydrogens (tertiary/aromatic N) is 1. The monoisotopic (exact) mass is 325 g/mol. The molecule has 1 heterocycles.